The predicted molar refractivity (Wildman–Crippen MR) is 54.5 cm³/mol. The Morgan fingerprint density at radius 1 is 1.56 bits per heavy atom. The Kier molecular flexibility index (Phi) is 3.64. The van der Waals surface area contributed by atoms with Crippen molar-refractivity contribution in [2.24, 2.45) is 5.73 Å². The molecule has 1 amide bonds. The third-order valence-corrected chi connectivity index (χ3v) is 2.09. The van der Waals surface area contributed by atoms with Gasteiger partial charge in [-0.2, -0.15) is 0 Å². The highest BCUT2D eigenvalue weighted by Gasteiger charge is 2.27. The SMILES string of the molecule is Cc1cc(C(=O)NCC(F)(F)CN)c(C)o1. The number of rotatable bonds is 4. The summed E-state index contributed by atoms with van der Waals surface area (Å²) in [6.45, 7) is 1.71. The van der Waals surface area contributed by atoms with Gasteiger partial charge < -0.3 is 15.5 Å². The average Bonchev–Trinajstić information content (AvgIpc) is 2.54. The van der Waals surface area contributed by atoms with Crippen molar-refractivity contribution in [3.63, 3.8) is 0 Å². The maximum absolute atomic E-state index is 12.8. The summed E-state index contributed by atoms with van der Waals surface area (Å²) >= 11 is 0. The van der Waals surface area contributed by atoms with E-state index in [2.05, 4.69) is 5.32 Å². The van der Waals surface area contributed by atoms with E-state index in [0.29, 0.717) is 11.5 Å². The summed E-state index contributed by atoms with van der Waals surface area (Å²) in [5, 5.41) is 2.12. The van der Waals surface area contributed by atoms with Crippen LogP contribution in [0.4, 0.5) is 8.78 Å². The smallest absolute Gasteiger partial charge is 0.277 e. The van der Waals surface area contributed by atoms with Crippen LogP contribution in [0.5, 0.6) is 0 Å². The van der Waals surface area contributed by atoms with E-state index in [1.165, 1.54) is 6.07 Å². The van der Waals surface area contributed by atoms with Crippen molar-refractivity contribution in [1.29, 1.82) is 0 Å². The molecule has 0 fully saturated rings. The zero-order valence-electron chi connectivity index (χ0n) is 9.14. The molecular weight excluding hydrogens is 218 g/mol. The van der Waals surface area contributed by atoms with Crippen LogP contribution in [0.15, 0.2) is 10.5 Å². The standard InChI is InChI=1S/C10H14F2N2O2/c1-6-3-8(7(2)16-6)9(15)14-5-10(11,12)4-13/h3H,4-5,13H2,1-2H3,(H,14,15). The Hall–Kier alpha value is -1.43. The molecule has 1 heterocycles. The summed E-state index contributed by atoms with van der Waals surface area (Å²) in [5.74, 6) is -2.69. The van der Waals surface area contributed by atoms with Crippen molar-refractivity contribution < 1.29 is 18.0 Å². The van der Waals surface area contributed by atoms with Gasteiger partial charge in [0.1, 0.15) is 11.5 Å². The van der Waals surface area contributed by atoms with Crippen molar-refractivity contribution in [3.8, 4) is 0 Å². The second kappa shape index (κ2) is 4.61. The lowest BCUT2D eigenvalue weighted by Gasteiger charge is -2.14. The quantitative estimate of drug-likeness (QED) is 0.820. The van der Waals surface area contributed by atoms with Crippen LogP contribution < -0.4 is 11.1 Å². The van der Waals surface area contributed by atoms with Gasteiger partial charge in [-0.3, -0.25) is 4.79 Å². The topological polar surface area (TPSA) is 68.3 Å². The highest BCUT2D eigenvalue weighted by molar-refractivity contribution is 5.95. The van der Waals surface area contributed by atoms with Gasteiger partial charge in [-0.05, 0) is 19.9 Å². The average molecular weight is 232 g/mol. The Morgan fingerprint density at radius 3 is 2.62 bits per heavy atom. The van der Waals surface area contributed by atoms with E-state index in [4.69, 9.17) is 10.2 Å². The monoisotopic (exact) mass is 232 g/mol. The molecule has 0 atom stereocenters. The lowest BCUT2D eigenvalue weighted by molar-refractivity contribution is 0.0118. The number of halogens is 2. The Balaban J connectivity index is 2.63. The summed E-state index contributed by atoms with van der Waals surface area (Å²) in [6, 6.07) is 1.51. The first-order chi connectivity index (χ1) is 7.35. The number of alkyl halides is 2. The minimum Gasteiger partial charge on any atom is -0.466 e. The normalized spacial score (nSPS) is 11.6. The van der Waals surface area contributed by atoms with Crippen LogP contribution in [0, 0.1) is 13.8 Å². The molecular formula is C10H14F2N2O2. The number of hydrogen-bond donors (Lipinski definition) is 2. The molecule has 0 spiro atoms. The molecule has 0 unspecified atom stereocenters. The van der Waals surface area contributed by atoms with Crippen LogP contribution in [0.1, 0.15) is 21.9 Å². The second-order valence-electron chi connectivity index (χ2n) is 3.57. The molecule has 1 aromatic rings. The molecule has 0 aromatic carbocycles. The third-order valence-electron chi connectivity index (χ3n) is 2.09. The van der Waals surface area contributed by atoms with Crippen molar-refractivity contribution in [2.75, 3.05) is 13.1 Å². The number of amides is 1. The maximum atomic E-state index is 12.8. The molecule has 0 saturated carbocycles. The van der Waals surface area contributed by atoms with Gasteiger partial charge in [-0.1, -0.05) is 0 Å². The molecule has 0 aliphatic carbocycles. The van der Waals surface area contributed by atoms with Crippen molar-refractivity contribution >= 4 is 5.91 Å². The summed E-state index contributed by atoms with van der Waals surface area (Å²) in [5.41, 5.74) is 5.11. The van der Waals surface area contributed by atoms with Gasteiger partial charge >= 0.3 is 0 Å². The third kappa shape index (κ3) is 3.03. The fraction of sp³-hybridized carbons (Fsp3) is 0.500. The first-order valence-electron chi connectivity index (χ1n) is 4.79. The van der Waals surface area contributed by atoms with E-state index >= 15 is 0 Å². The van der Waals surface area contributed by atoms with Gasteiger partial charge in [-0.25, -0.2) is 8.78 Å². The van der Waals surface area contributed by atoms with Crippen molar-refractivity contribution in [2.45, 2.75) is 19.8 Å². The maximum Gasteiger partial charge on any atom is 0.277 e. The van der Waals surface area contributed by atoms with E-state index < -0.39 is 24.9 Å². The molecule has 4 nitrogen and oxygen atoms in total. The summed E-state index contributed by atoms with van der Waals surface area (Å²) < 4.78 is 30.7. The molecule has 0 saturated heterocycles. The predicted octanol–water partition coefficient (Wildman–Crippen LogP) is 1.22. The van der Waals surface area contributed by atoms with Gasteiger partial charge in [0, 0.05) is 0 Å². The summed E-state index contributed by atoms with van der Waals surface area (Å²) in [7, 11) is 0. The number of aryl methyl sites for hydroxylation is 2. The van der Waals surface area contributed by atoms with Gasteiger partial charge in [0.2, 0.25) is 0 Å². The fourth-order valence-corrected chi connectivity index (χ4v) is 1.23. The minimum atomic E-state index is -3.08. The molecule has 16 heavy (non-hydrogen) atoms. The van der Waals surface area contributed by atoms with Gasteiger partial charge in [0.05, 0.1) is 18.7 Å². The van der Waals surface area contributed by atoms with Gasteiger partial charge in [0.15, 0.2) is 0 Å². The molecule has 3 N–H and O–H groups in total. The van der Waals surface area contributed by atoms with Crippen LogP contribution in [0.3, 0.4) is 0 Å². The first kappa shape index (κ1) is 12.6. The Bertz CT molecular complexity index is 388. The van der Waals surface area contributed by atoms with Crippen molar-refractivity contribution in [1.82, 2.24) is 5.32 Å². The first-order valence-corrected chi connectivity index (χ1v) is 4.79. The van der Waals surface area contributed by atoms with E-state index in [9.17, 15) is 13.6 Å². The second-order valence-corrected chi connectivity index (χ2v) is 3.57. The van der Waals surface area contributed by atoms with Crippen LogP contribution in [0.2, 0.25) is 0 Å². The molecule has 0 aliphatic rings. The lowest BCUT2D eigenvalue weighted by Crippen LogP contribution is -2.41. The molecule has 1 aromatic heterocycles. The molecule has 6 heteroatoms. The molecule has 1 rings (SSSR count). The van der Waals surface area contributed by atoms with E-state index in [-0.39, 0.29) is 5.56 Å². The molecule has 0 radical (unpaired) electrons. The highest BCUT2D eigenvalue weighted by Crippen LogP contribution is 2.14. The van der Waals surface area contributed by atoms with Gasteiger partial charge in [-0.15, -0.1) is 0 Å². The van der Waals surface area contributed by atoms with E-state index in [1.54, 1.807) is 13.8 Å². The highest BCUT2D eigenvalue weighted by atomic mass is 19.3. The fourth-order valence-electron chi connectivity index (χ4n) is 1.23. The minimum absolute atomic E-state index is 0.269. The number of nitrogens with two attached hydrogens (primary N) is 1. The largest absolute Gasteiger partial charge is 0.466 e. The number of nitrogens with one attached hydrogen (secondary N) is 1. The summed E-state index contributed by atoms with van der Waals surface area (Å²) in [4.78, 5) is 11.5. The van der Waals surface area contributed by atoms with E-state index in [0.717, 1.165) is 0 Å². The summed E-state index contributed by atoms with van der Waals surface area (Å²) in [6.07, 6.45) is 0. The molecule has 0 aliphatic heterocycles. The number of carbonyl (C=O) groups excluding carboxylic acids is 1. The zero-order chi connectivity index (χ0) is 12.3. The van der Waals surface area contributed by atoms with Crippen LogP contribution in [0.25, 0.3) is 0 Å². The number of furan rings is 1. The Labute approximate surface area is 91.8 Å². The van der Waals surface area contributed by atoms with Gasteiger partial charge in [0.25, 0.3) is 11.8 Å². The lowest BCUT2D eigenvalue weighted by atomic mass is 10.2. The van der Waals surface area contributed by atoms with Crippen LogP contribution in [-0.2, 0) is 0 Å². The van der Waals surface area contributed by atoms with Crippen molar-refractivity contribution in [3.05, 3.63) is 23.2 Å². The number of carbonyl (C=O) groups is 1. The molecule has 0 bridgehead atoms. The number of hydrogen-bond acceptors (Lipinski definition) is 3. The van der Waals surface area contributed by atoms with Crippen LogP contribution >= 0.6 is 0 Å². The van der Waals surface area contributed by atoms with E-state index in [1.807, 2.05) is 0 Å². The van der Waals surface area contributed by atoms with Crippen LogP contribution in [-0.4, -0.2) is 24.9 Å². The Morgan fingerprint density at radius 2 is 2.19 bits per heavy atom. The zero-order valence-corrected chi connectivity index (χ0v) is 9.14. The molecule has 90 valence electrons.